The Morgan fingerprint density at radius 2 is 1.76 bits per heavy atom. The molecular formula is C34H40FN7O4. The molecule has 0 saturated carbocycles. The quantitative estimate of drug-likeness (QED) is 0.262. The van der Waals surface area contributed by atoms with Gasteiger partial charge in [-0.3, -0.25) is 9.36 Å². The summed E-state index contributed by atoms with van der Waals surface area (Å²) in [6, 6.07) is 14.7. The standard InChI is InChI=1S/C34H40FN7O4/c1-34(2,3)46-33(44)41-17-14-30-27(21-41)31(37-29-11-10-24(18-28(29)35)25-19-36-39(4)20-25)38-42(30)26-12-15-40(16-13-26)32(43)45-22-23-8-6-5-7-9-23/h5-11,18-20,26H,12-17,21-22H2,1-4H3,(H,37,38). The second-order valence-corrected chi connectivity index (χ2v) is 12.9. The lowest BCUT2D eigenvalue weighted by atomic mass is 10.0. The predicted octanol–water partition coefficient (Wildman–Crippen LogP) is 6.43. The van der Waals surface area contributed by atoms with Crippen molar-refractivity contribution < 1.29 is 23.5 Å². The number of amides is 2. The topological polar surface area (TPSA) is 107 Å². The molecule has 4 aromatic rings. The zero-order chi connectivity index (χ0) is 32.4. The van der Waals surface area contributed by atoms with E-state index in [1.54, 1.807) is 26.7 Å². The SMILES string of the molecule is Cn1cc(-c2ccc(Nc3nn(C4CCN(C(=O)OCc5ccccc5)CC4)c4c3CN(C(=O)OC(C)(C)C)CC4)c(F)c2)cn1. The van der Waals surface area contributed by atoms with Crippen LogP contribution in [0.4, 0.5) is 25.5 Å². The molecule has 2 aromatic carbocycles. The van der Waals surface area contributed by atoms with Crippen LogP contribution in [0.25, 0.3) is 11.1 Å². The summed E-state index contributed by atoms with van der Waals surface area (Å²) in [6.45, 7) is 7.58. The van der Waals surface area contributed by atoms with Crippen molar-refractivity contribution in [3.63, 3.8) is 0 Å². The molecular weight excluding hydrogens is 589 g/mol. The minimum Gasteiger partial charge on any atom is -0.445 e. The number of nitrogens with one attached hydrogen (secondary N) is 1. The average molecular weight is 630 g/mol. The second-order valence-electron chi connectivity index (χ2n) is 12.9. The largest absolute Gasteiger partial charge is 0.445 e. The van der Waals surface area contributed by atoms with Gasteiger partial charge in [-0.25, -0.2) is 14.0 Å². The lowest BCUT2D eigenvalue weighted by Gasteiger charge is -2.34. The summed E-state index contributed by atoms with van der Waals surface area (Å²) >= 11 is 0. The highest BCUT2D eigenvalue weighted by molar-refractivity contribution is 5.71. The molecule has 6 rings (SSSR count). The van der Waals surface area contributed by atoms with E-state index in [-0.39, 0.29) is 31.0 Å². The number of hydrogen-bond acceptors (Lipinski definition) is 7. The van der Waals surface area contributed by atoms with Gasteiger partial charge in [-0.15, -0.1) is 0 Å². The first-order chi connectivity index (χ1) is 22.0. The molecule has 12 heteroatoms. The molecule has 0 spiro atoms. The van der Waals surface area contributed by atoms with Crippen LogP contribution in [-0.2, 0) is 36.1 Å². The van der Waals surface area contributed by atoms with Gasteiger partial charge in [0.2, 0.25) is 0 Å². The molecule has 0 radical (unpaired) electrons. The van der Waals surface area contributed by atoms with E-state index in [0.717, 1.165) is 22.4 Å². The van der Waals surface area contributed by atoms with Crippen molar-refractivity contribution in [2.75, 3.05) is 25.0 Å². The summed E-state index contributed by atoms with van der Waals surface area (Å²) in [5, 5.41) is 12.4. The number of fused-ring (bicyclic) bond motifs is 1. The van der Waals surface area contributed by atoms with Crippen molar-refractivity contribution in [1.29, 1.82) is 0 Å². The van der Waals surface area contributed by atoms with Crippen molar-refractivity contribution >= 4 is 23.7 Å². The molecule has 0 unspecified atom stereocenters. The summed E-state index contributed by atoms with van der Waals surface area (Å²) < 4.78 is 30.3. The van der Waals surface area contributed by atoms with Crippen LogP contribution < -0.4 is 5.32 Å². The minimum absolute atomic E-state index is 0.0355. The van der Waals surface area contributed by atoms with Crippen LogP contribution in [0.5, 0.6) is 0 Å². The number of halogens is 1. The summed E-state index contributed by atoms with van der Waals surface area (Å²) in [7, 11) is 1.82. The Hall–Kier alpha value is -4.87. The molecule has 2 aliphatic rings. The van der Waals surface area contributed by atoms with Gasteiger partial charge in [0.15, 0.2) is 5.82 Å². The predicted molar refractivity (Wildman–Crippen MR) is 171 cm³/mol. The van der Waals surface area contributed by atoms with Crippen LogP contribution in [0.1, 0.15) is 56.5 Å². The Morgan fingerprint density at radius 3 is 2.43 bits per heavy atom. The molecule has 1 saturated heterocycles. The first-order valence-corrected chi connectivity index (χ1v) is 15.6. The van der Waals surface area contributed by atoms with Crippen molar-refractivity contribution in [2.24, 2.45) is 7.05 Å². The fourth-order valence-corrected chi connectivity index (χ4v) is 5.93. The van der Waals surface area contributed by atoms with E-state index in [9.17, 15) is 9.59 Å². The highest BCUT2D eigenvalue weighted by Crippen LogP contribution is 2.35. The molecule has 242 valence electrons. The number of piperidine rings is 1. The van der Waals surface area contributed by atoms with Crippen molar-refractivity contribution in [3.8, 4) is 11.1 Å². The maximum Gasteiger partial charge on any atom is 0.410 e. The fraction of sp³-hybridized carbons (Fsp3) is 0.412. The van der Waals surface area contributed by atoms with Gasteiger partial charge in [0.05, 0.1) is 24.5 Å². The summed E-state index contributed by atoms with van der Waals surface area (Å²) in [5.74, 6) is 0.0766. The first kappa shape index (κ1) is 31.1. The zero-order valence-electron chi connectivity index (χ0n) is 26.7. The van der Waals surface area contributed by atoms with Crippen LogP contribution in [-0.4, -0.2) is 66.8 Å². The number of carbonyl (C=O) groups excluding carboxylic acids is 2. The van der Waals surface area contributed by atoms with Gasteiger partial charge >= 0.3 is 12.2 Å². The van der Waals surface area contributed by atoms with Gasteiger partial charge in [0.1, 0.15) is 18.0 Å². The molecule has 2 aliphatic heterocycles. The Bertz CT molecular complexity index is 1700. The third-order valence-corrected chi connectivity index (χ3v) is 8.27. The maximum atomic E-state index is 15.4. The Labute approximate surface area is 267 Å². The summed E-state index contributed by atoms with van der Waals surface area (Å²) in [6.07, 6.45) is 4.76. The molecule has 11 nitrogen and oxygen atoms in total. The van der Waals surface area contributed by atoms with E-state index >= 15 is 4.39 Å². The van der Waals surface area contributed by atoms with Crippen LogP contribution in [0.3, 0.4) is 0 Å². The molecule has 1 N–H and O–H groups in total. The number of anilines is 2. The lowest BCUT2D eigenvalue weighted by Crippen LogP contribution is -2.41. The highest BCUT2D eigenvalue weighted by atomic mass is 19.1. The third kappa shape index (κ3) is 7.00. The van der Waals surface area contributed by atoms with Crippen LogP contribution in [0.2, 0.25) is 0 Å². The van der Waals surface area contributed by atoms with Crippen molar-refractivity contribution in [3.05, 3.63) is 83.6 Å². The fourth-order valence-electron chi connectivity index (χ4n) is 5.93. The monoisotopic (exact) mass is 629 g/mol. The second kappa shape index (κ2) is 12.9. The minimum atomic E-state index is -0.627. The van der Waals surface area contributed by atoms with E-state index in [4.69, 9.17) is 14.6 Å². The number of benzene rings is 2. The lowest BCUT2D eigenvalue weighted by molar-refractivity contribution is 0.0222. The smallest absolute Gasteiger partial charge is 0.410 e. The number of likely N-dealkylation sites (tertiary alicyclic amines) is 1. The van der Waals surface area contributed by atoms with Crippen LogP contribution in [0.15, 0.2) is 60.9 Å². The Kier molecular flexibility index (Phi) is 8.70. The van der Waals surface area contributed by atoms with Crippen molar-refractivity contribution in [2.45, 2.75) is 64.8 Å². The number of hydrogen-bond donors (Lipinski definition) is 1. The molecule has 0 atom stereocenters. The van der Waals surface area contributed by atoms with E-state index < -0.39 is 17.5 Å². The zero-order valence-corrected chi connectivity index (χ0v) is 26.7. The highest BCUT2D eigenvalue weighted by Gasteiger charge is 2.34. The number of ether oxygens (including phenoxy) is 2. The van der Waals surface area contributed by atoms with Crippen LogP contribution in [0, 0.1) is 5.82 Å². The number of aromatic nitrogens is 4. The van der Waals surface area contributed by atoms with E-state index in [1.165, 1.54) is 6.07 Å². The summed E-state index contributed by atoms with van der Waals surface area (Å²) in [5.41, 5.74) is 3.96. The van der Waals surface area contributed by atoms with Gasteiger partial charge in [0, 0.05) is 56.1 Å². The van der Waals surface area contributed by atoms with Gasteiger partial charge in [0.25, 0.3) is 0 Å². The molecule has 0 aliphatic carbocycles. The van der Waals surface area contributed by atoms with E-state index in [1.807, 2.05) is 75.1 Å². The van der Waals surface area contributed by atoms with Gasteiger partial charge in [-0.2, -0.15) is 10.2 Å². The number of carbonyl (C=O) groups is 2. The number of aryl methyl sites for hydroxylation is 1. The average Bonchev–Trinajstić information content (AvgIpc) is 3.64. The van der Waals surface area contributed by atoms with E-state index in [0.29, 0.717) is 50.3 Å². The number of rotatable bonds is 6. The maximum absolute atomic E-state index is 15.4. The molecule has 46 heavy (non-hydrogen) atoms. The molecule has 4 heterocycles. The first-order valence-electron chi connectivity index (χ1n) is 15.6. The molecule has 2 amide bonds. The Morgan fingerprint density at radius 1 is 1.00 bits per heavy atom. The molecule has 0 bridgehead atoms. The molecule has 1 fully saturated rings. The van der Waals surface area contributed by atoms with Gasteiger partial charge in [-0.05, 0) is 56.9 Å². The van der Waals surface area contributed by atoms with E-state index in [2.05, 4.69) is 10.4 Å². The summed E-state index contributed by atoms with van der Waals surface area (Å²) in [4.78, 5) is 29.2. The normalized spacial score (nSPS) is 15.4. The van der Waals surface area contributed by atoms with Crippen molar-refractivity contribution in [1.82, 2.24) is 29.4 Å². The Balaban J connectivity index is 1.20. The van der Waals surface area contributed by atoms with Crippen LogP contribution >= 0.6 is 0 Å². The third-order valence-electron chi connectivity index (χ3n) is 8.27. The number of nitrogens with zero attached hydrogens (tertiary/aromatic N) is 6. The van der Waals surface area contributed by atoms with Gasteiger partial charge < -0.3 is 24.6 Å². The van der Waals surface area contributed by atoms with Gasteiger partial charge in [-0.1, -0.05) is 36.4 Å². The molecule has 2 aromatic heterocycles.